The highest BCUT2D eigenvalue weighted by Gasteiger charge is 2.41. The first kappa shape index (κ1) is 16.0. The van der Waals surface area contributed by atoms with E-state index in [1.165, 1.54) is 12.8 Å². The molecule has 0 unspecified atom stereocenters. The molecule has 2 atom stereocenters. The molecule has 3 rings (SSSR count). The van der Waals surface area contributed by atoms with Crippen LogP contribution in [0.5, 0.6) is 0 Å². The smallest absolute Gasteiger partial charge is 0.222 e. The van der Waals surface area contributed by atoms with Crippen molar-refractivity contribution in [1.29, 1.82) is 0 Å². The van der Waals surface area contributed by atoms with Gasteiger partial charge < -0.3 is 15.2 Å². The first-order valence-electron chi connectivity index (χ1n) is 8.63. The molecule has 2 aliphatic carbocycles. The van der Waals surface area contributed by atoms with Gasteiger partial charge in [0.2, 0.25) is 5.91 Å². The summed E-state index contributed by atoms with van der Waals surface area (Å²) in [5, 5.41) is 12.3. The van der Waals surface area contributed by atoms with E-state index in [0.717, 1.165) is 45.6 Å². The maximum absolute atomic E-state index is 12.5. The third kappa shape index (κ3) is 3.53. The van der Waals surface area contributed by atoms with E-state index < -0.39 is 0 Å². The Bertz CT molecular complexity index is 412. The highest BCUT2D eigenvalue weighted by Crippen LogP contribution is 2.38. The minimum Gasteiger partial charge on any atom is -0.396 e. The van der Waals surface area contributed by atoms with E-state index in [2.05, 4.69) is 10.2 Å². The van der Waals surface area contributed by atoms with Gasteiger partial charge in [-0.25, -0.2) is 0 Å². The van der Waals surface area contributed by atoms with Crippen molar-refractivity contribution in [3.8, 4) is 0 Å². The number of hydrogen-bond acceptors (Lipinski definition) is 4. The minimum absolute atomic E-state index is 0.0482. The van der Waals surface area contributed by atoms with Crippen LogP contribution in [0.4, 0.5) is 0 Å². The van der Waals surface area contributed by atoms with Crippen molar-refractivity contribution in [2.75, 3.05) is 32.9 Å². The lowest BCUT2D eigenvalue weighted by molar-refractivity contribution is -0.125. The summed E-state index contributed by atoms with van der Waals surface area (Å²) >= 11 is 0. The zero-order valence-electron chi connectivity index (χ0n) is 13.3. The van der Waals surface area contributed by atoms with Crippen LogP contribution in [-0.4, -0.2) is 60.4 Å². The second kappa shape index (κ2) is 7.11. The van der Waals surface area contributed by atoms with Crippen molar-refractivity contribution in [3.05, 3.63) is 12.2 Å². The van der Waals surface area contributed by atoms with Gasteiger partial charge in [0, 0.05) is 43.6 Å². The Kier molecular flexibility index (Phi) is 5.16. The fourth-order valence-corrected chi connectivity index (χ4v) is 4.25. The van der Waals surface area contributed by atoms with E-state index in [0.29, 0.717) is 6.42 Å². The Morgan fingerprint density at radius 2 is 2.00 bits per heavy atom. The molecule has 0 aromatic rings. The van der Waals surface area contributed by atoms with Crippen LogP contribution in [-0.2, 0) is 9.53 Å². The maximum Gasteiger partial charge on any atom is 0.222 e. The third-order valence-corrected chi connectivity index (χ3v) is 5.46. The van der Waals surface area contributed by atoms with Crippen LogP contribution >= 0.6 is 0 Å². The van der Waals surface area contributed by atoms with Crippen LogP contribution < -0.4 is 5.32 Å². The first-order valence-corrected chi connectivity index (χ1v) is 8.63. The molecule has 0 aromatic heterocycles. The van der Waals surface area contributed by atoms with Crippen LogP contribution in [0.3, 0.4) is 0 Å². The predicted molar refractivity (Wildman–Crippen MR) is 84.5 cm³/mol. The van der Waals surface area contributed by atoms with Gasteiger partial charge in [0.05, 0.1) is 13.2 Å². The minimum atomic E-state index is 0.0482. The molecule has 0 aromatic carbocycles. The van der Waals surface area contributed by atoms with Crippen molar-refractivity contribution in [3.63, 3.8) is 0 Å². The number of amides is 1. The molecule has 2 fully saturated rings. The molecule has 5 heteroatoms. The van der Waals surface area contributed by atoms with Gasteiger partial charge in [-0.05, 0) is 19.3 Å². The molecule has 1 amide bonds. The summed E-state index contributed by atoms with van der Waals surface area (Å²) in [5.74, 6) is 0.353. The SMILES string of the molecule is O=C(CC1(N2CCOCC2)CCCC1)N[C@@H]1C=C[C@H](CO)C1. The maximum atomic E-state index is 12.5. The Morgan fingerprint density at radius 1 is 1.27 bits per heavy atom. The van der Waals surface area contributed by atoms with Gasteiger partial charge in [-0.3, -0.25) is 9.69 Å². The molecule has 1 saturated heterocycles. The van der Waals surface area contributed by atoms with Gasteiger partial charge >= 0.3 is 0 Å². The zero-order valence-corrected chi connectivity index (χ0v) is 13.3. The van der Waals surface area contributed by atoms with Crippen molar-refractivity contribution in [2.24, 2.45) is 5.92 Å². The molecule has 0 bridgehead atoms. The molecule has 3 aliphatic rings. The lowest BCUT2D eigenvalue weighted by Gasteiger charge is -2.43. The number of rotatable bonds is 5. The molecule has 0 radical (unpaired) electrons. The molecule has 22 heavy (non-hydrogen) atoms. The summed E-state index contributed by atoms with van der Waals surface area (Å²) in [6.07, 6.45) is 10.2. The van der Waals surface area contributed by atoms with Crippen LogP contribution in [0.25, 0.3) is 0 Å². The average molecular weight is 308 g/mol. The lowest BCUT2D eigenvalue weighted by Crippen LogP contribution is -2.54. The lowest BCUT2D eigenvalue weighted by atomic mass is 9.89. The Labute approximate surface area is 132 Å². The monoisotopic (exact) mass is 308 g/mol. The topological polar surface area (TPSA) is 61.8 Å². The summed E-state index contributed by atoms with van der Waals surface area (Å²) in [7, 11) is 0. The number of hydrogen-bond donors (Lipinski definition) is 2. The van der Waals surface area contributed by atoms with Gasteiger partial charge in [0.15, 0.2) is 0 Å². The van der Waals surface area contributed by atoms with Gasteiger partial charge in [0.25, 0.3) is 0 Å². The number of aliphatic hydroxyl groups is 1. The Morgan fingerprint density at radius 3 is 2.64 bits per heavy atom. The summed E-state index contributed by atoms with van der Waals surface area (Å²) in [6, 6.07) is 0.0905. The normalized spacial score (nSPS) is 31.5. The molecule has 2 N–H and O–H groups in total. The quantitative estimate of drug-likeness (QED) is 0.746. The van der Waals surface area contributed by atoms with E-state index in [4.69, 9.17) is 4.74 Å². The molecular formula is C17H28N2O3. The molecule has 124 valence electrons. The van der Waals surface area contributed by atoms with E-state index in [9.17, 15) is 9.90 Å². The number of carbonyl (C=O) groups is 1. The number of morpholine rings is 1. The van der Waals surface area contributed by atoms with E-state index in [1.54, 1.807) is 0 Å². The second-order valence-electron chi connectivity index (χ2n) is 6.94. The van der Waals surface area contributed by atoms with Crippen molar-refractivity contribution in [1.82, 2.24) is 10.2 Å². The van der Waals surface area contributed by atoms with Crippen molar-refractivity contribution >= 4 is 5.91 Å². The predicted octanol–water partition coefficient (Wildman–Crippen LogP) is 1.07. The van der Waals surface area contributed by atoms with Crippen LogP contribution in [0.15, 0.2) is 12.2 Å². The van der Waals surface area contributed by atoms with Gasteiger partial charge in [-0.2, -0.15) is 0 Å². The number of carbonyl (C=O) groups excluding carboxylic acids is 1. The van der Waals surface area contributed by atoms with Gasteiger partial charge in [-0.1, -0.05) is 25.0 Å². The number of aliphatic hydroxyl groups excluding tert-OH is 1. The molecule has 0 spiro atoms. The van der Waals surface area contributed by atoms with E-state index in [1.807, 2.05) is 12.2 Å². The fraction of sp³-hybridized carbons (Fsp3) is 0.824. The van der Waals surface area contributed by atoms with Gasteiger partial charge in [0.1, 0.15) is 0 Å². The van der Waals surface area contributed by atoms with E-state index >= 15 is 0 Å². The Balaban J connectivity index is 1.57. The highest BCUT2D eigenvalue weighted by molar-refractivity contribution is 5.78. The summed E-state index contributed by atoms with van der Waals surface area (Å²) in [5.41, 5.74) is 0.0482. The standard InChI is InChI=1S/C17H28N2O3/c20-13-14-3-4-15(11-14)18-16(21)12-17(5-1-2-6-17)19-7-9-22-10-8-19/h3-4,14-15,20H,1-2,5-13H2,(H,18,21)/t14-,15+/m0/s1. The second-order valence-corrected chi connectivity index (χ2v) is 6.94. The summed E-state index contributed by atoms with van der Waals surface area (Å²) < 4.78 is 5.47. The van der Waals surface area contributed by atoms with Crippen LogP contribution in [0.2, 0.25) is 0 Å². The van der Waals surface area contributed by atoms with Gasteiger partial charge in [-0.15, -0.1) is 0 Å². The summed E-state index contributed by atoms with van der Waals surface area (Å²) in [6.45, 7) is 3.63. The number of nitrogens with zero attached hydrogens (tertiary/aromatic N) is 1. The fourth-order valence-electron chi connectivity index (χ4n) is 4.25. The third-order valence-electron chi connectivity index (χ3n) is 5.46. The van der Waals surface area contributed by atoms with E-state index in [-0.39, 0.29) is 30.0 Å². The Hall–Kier alpha value is -0.910. The number of nitrogens with one attached hydrogen (secondary N) is 1. The summed E-state index contributed by atoms with van der Waals surface area (Å²) in [4.78, 5) is 15.0. The van der Waals surface area contributed by atoms with Crippen molar-refractivity contribution in [2.45, 2.75) is 50.1 Å². The molecule has 1 heterocycles. The van der Waals surface area contributed by atoms with Crippen LogP contribution in [0.1, 0.15) is 38.5 Å². The average Bonchev–Trinajstić information content (AvgIpc) is 3.18. The van der Waals surface area contributed by atoms with Crippen LogP contribution in [0, 0.1) is 5.92 Å². The molecule has 1 saturated carbocycles. The highest BCUT2D eigenvalue weighted by atomic mass is 16.5. The molecular weight excluding hydrogens is 280 g/mol. The van der Waals surface area contributed by atoms with Crippen molar-refractivity contribution < 1.29 is 14.6 Å². The zero-order chi connectivity index (χ0) is 15.4. The largest absolute Gasteiger partial charge is 0.396 e. The molecule has 5 nitrogen and oxygen atoms in total. The first-order chi connectivity index (χ1) is 10.7. The number of ether oxygens (including phenoxy) is 1. The molecule has 1 aliphatic heterocycles.